The highest BCUT2D eigenvalue weighted by atomic mass is 32.2. The van der Waals surface area contributed by atoms with Crippen molar-refractivity contribution in [2.75, 3.05) is 0 Å². The summed E-state index contributed by atoms with van der Waals surface area (Å²) in [6.45, 7) is 4.87. The predicted molar refractivity (Wildman–Crippen MR) is 127 cm³/mol. The number of hydrogen-bond donors (Lipinski definition) is 4. The second-order valence-electron chi connectivity index (χ2n) is 7.63. The molecule has 0 aliphatic carbocycles. The van der Waals surface area contributed by atoms with E-state index < -0.39 is 11.8 Å². The van der Waals surface area contributed by atoms with E-state index in [0.29, 0.717) is 28.1 Å². The normalized spacial score (nSPS) is 10.9. The number of aryl methyl sites for hydroxylation is 1. The van der Waals surface area contributed by atoms with Crippen molar-refractivity contribution in [1.82, 2.24) is 25.8 Å². The van der Waals surface area contributed by atoms with E-state index in [-0.39, 0.29) is 11.5 Å². The van der Waals surface area contributed by atoms with Crippen LogP contribution in [-0.4, -0.2) is 32.5 Å². The zero-order chi connectivity index (χ0) is 23.5. The maximum atomic E-state index is 12.4. The molecule has 2 aromatic heterocycles. The third kappa shape index (κ3) is 4.83. The first kappa shape index (κ1) is 22.3. The third-order valence-corrected chi connectivity index (χ3v) is 6.21. The summed E-state index contributed by atoms with van der Waals surface area (Å²) in [5, 5.41) is 0.837. The predicted octanol–water partition coefficient (Wildman–Crippen LogP) is 4.08. The van der Waals surface area contributed by atoms with Crippen molar-refractivity contribution in [2.24, 2.45) is 0 Å². The second kappa shape index (κ2) is 9.33. The van der Waals surface area contributed by atoms with Crippen LogP contribution >= 0.6 is 11.8 Å². The van der Waals surface area contributed by atoms with Crippen LogP contribution in [0.4, 0.5) is 0 Å². The number of aromatic nitrogens is 3. The van der Waals surface area contributed by atoms with Gasteiger partial charge in [0, 0.05) is 22.6 Å². The maximum Gasteiger partial charge on any atom is 0.286 e. The Bertz CT molecular complexity index is 1320. The highest BCUT2D eigenvalue weighted by Crippen LogP contribution is 2.23. The van der Waals surface area contributed by atoms with Crippen LogP contribution in [0, 0.1) is 13.8 Å². The molecule has 0 radical (unpaired) electrons. The number of para-hydroxylation sites is 2. The van der Waals surface area contributed by atoms with E-state index in [4.69, 9.17) is 0 Å². The van der Waals surface area contributed by atoms with Gasteiger partial charge in [-0.05, 0) is 56.2 Å². The van der Waals surface area contributed by atoms with Crippen LogP contribution < -0.4 is 10.9 Å². The topological polar surface area (TPSA) is 120 Å². The Hall–Kier alpha value is -3.85. The molecule has 2 amide bonds. The standard InChI is InChI=1S/C24H23N5O3S/c1-13-20(15(3)30)14(2)25-21(13)23(32)29-28-22(31)17-10-8-16(9-11-17)12-33-24-26-18-6-4-5-7-19(18)27-24/h4-11,25H,12H2,1-3H3,(H,26,27)(H,28,31)(H,29,32). The van der Waals surface area contributed by atoms with Crippen LogP contribution in [0.5, 0.6) is 0 Å². The molecule has 0 saturated carbocycles. The van der Waals surface area contributed by atoms with E-state index in [1.807, 2.05) is 36.4 Å². The van der Waals surface area contributed by atoms with Crippen molar-refractivity contribution in [3.8, 4) is 0 Å². The third-order valence-electron chi connectivity index (χ3n) is 5.27. The number of benzene rings is 2. The van der Waals surface area contributed by atoms with Gasteiger partial charge in [-0.3, -0.25) is 25.2 Å². The fraction of sp³-hybridized carbons (Fsp3) is 0.167. The molecule has 2 aromatic carbocycles. The van der Waals surface area contributed by atoms with Crippen LogP contribution in [0.15, 0.2) is 53.7 Å². The number of thioether (sulfide) groups is 1. The van der Waals surface area contributed by atoms with Gasteiger partial charge >= 0.3 is 0 Å². The van der Waals surface area contributed by atoms with Gasteiger partial charge in [0.25, 0.3) is 11.8 Å². The number of nitrogens with one attached hydrogen (secondary N) is 4. The first-order valence-electron chi connectivity index (χ1n) is 10.3. The van der Waals surface area contributed by atoms with Gasteiger partial charge in [0.1, 0.15) is 5.69 Å². The zero-order valence-electron chi connectivity index (χ0n) is 18.4. The Kier molecular flexibility index (Phi) is 6.32. The molecule has 0 aliphatic rings. The number of carbonyl (C=O) groups excluding carboxylic acids is 3. The number of amides is 2. The molecule has 0 atom stereocenters. The molecule has 9 heteroatoms. The van der Waals surface area contributed by atoms with Crippen molar-refractivity contribution >= 4 is 40.4 Å². The highest BCUT2D eigenvalue weighted by Gasteiger charge is 2.20. The molecule has 0 unspecified atom stereocenters. The van der Waals surface area contributed by atoms with Crippen LogP contribution in [0.2, 0.25) is 0 Å². The number of fused-ring (bicyclic) bond motifs is 1. The molecule has 4 N–H and O–H groups in total. The minimum atomic E-state index is -0.518. The smallest absolute Gasteiger partial charge is 0.286 e. The number of Topliss-reactive ketones (excluding diaryl/α,β-unsaturated/α-hetero) is 1. The minimum absolute atomic E-state index is 0.122. The lowest BCUT2D eigenvalue weighted by Gasteiger charge is -2.08. The number of H-pyrrole nitrogens is 2. The molecule has 0 saturated heterocycles. The van der Waals surface area contributed by atoms with Crippen molar-refractivity contribution in [3.63, 3.8) is 0 Å². The number of carbonyl (C=O) groups is 3. The number of rotatable bonds is 6. The SMILES string of the molecule is CC(=O)c1c(C)[nH]c(C(=O)NNC(=O)c2ccc(CSc3nc4ccccc4[nH]3)cc2)c1C. The monoisotopic (exact) mass is 461 g/mol. The van der Waals surface area contributed by atoms with E-state index in [0.717, 1.165) is 21.8 Å². The molecular weight excluding hydrogens is 438 g/mol. The molecule has 0 bridgehead atoms. The summed E-state index contributed by atoms with van der Waals surface area (Å²) >= 11 is 1.58. The van der Waals surface area contributed by atoms with Crippen molar-refractivity contribution < 1.29 is 14.4 Å². The van der Waals surface area contributed by atoms with Gasteiger partial charge < -0.3 is 9.97 Å². The summed E-state index contributed by atoms with van der Waals surface area (Å²) in [4.78, 5) is 47.3. The maximum absolute atomic E-state index is 12.4. The lowest BCUT2D eigenvalue weighted by atomic mass is 10.1. The molecule has 33 heavy (non-hydrogen) atoms. The van der Waals surface area contributed by atoms with Crippen LogP contribution in [0.25, 0.3) is 11.0 Å². The minimum Gasteiger partial charge on any atom is -0.354 e. The molecular formula is C24H23N5O3S. The Morgan fingerprint density at radius 2 is 1.64 bits per heavy atom. The molecule has 4 rings (SSSR count). The summed E-state index contributed by atoms with van der Waals surface area (Å²) in [6.07, 6.45) is 0. The number of ketones is 1. The number of aromatic amines is 2. The van der Waals surface area contributed by atoms with E-state index in [2.05, 4.69) is 25.8 Å². The molecule has 0 aliphatic heterocycles. The van der Waals surface area contributed by atoms with Crippen molar-refractivity contribution in [2.45, 2.75) is 31.7 Å². The second-order valence-corrected chi connectivity index (χ2v) is 8.60. The van der Waals surface area contributed by atoms with E-state index in [1.165, 1.54) is 6.92 Å². The van der Waals surface area contributed by atoms with Crippen molar-refractivity contribution in [3.05, 3.63) is 82.2 Å². The quantitative estimate of drug-likeness (QED) is 0.196. The molecule has 168 valence electrons. The highest BCUT2D eigenvalue weighted by molar-refractivity contribution is 7.98. The van der Waals surface area contributed by atoms with Gasteiger partial charge in [-0.25, -0.2) is 4.98 Å². The average Bonchev–Trinajstić information content (AvgIpc) is 3.35. The van der Waals surface area contributed by atoms with Crippen LogP contribution in [0.3, 0.4) is 0 Å². The van der Waals surface area contributed by atoms with E-state index in [1.54, 1.807) is 37.7 Å². The Morgan fingerprint density at radius 3 is 2.30 bits per heavy atom. The van der Waals surface area contributed by atoms with Gasteiger partial charge in [0.05, 0.1) is 11.0 Å². The summed E-state index contributed by atoms with van der Waals surface area (Å²) < 4.78 is 0. The summed E-state index contributed by atoms with van der Waals surface area (Å²) in [6, 6.07) is 15.0. The first-order valence-corrected chi connectivity index (χ1v) is 11.3. The number of imidazole rings is 1. The van der Waals surface area contributed by atoms with Gasteiger partial charge in [0.15, 0.2) is 10.9 Å². The fourth-order valence-corrected chi connectivity index (χ4v) is 4.50. The molecule has 2 heterocycles. The lowest BCUT2D eigenvalue weighted by molar-refractivity contribution is 0.0844. The Labute approximate surface area is 194 Å². The summed E-state index contributed by atoms with van der Waals surface area (Å²) in [7, 11) is 0. The van der Waals surface area contributed by atoms with Crippen LogP contribution in [0.1, 0.15) is 54.9 Å². The van der Waals surface area contributed by atoms with Crippen LogP contribution in [-0.2, 0) is 5.75 Å². The van der Waals surface area contributed by atoms with Gasteiger partial charge in [-0.2, -0.15) is 0 Å². The fourth-order valence-electron chi connectivity index (χ4n) is 3.66. The largest absolute Gasteiger partial charge is 0.354 e. The van der Waals surface area contributed by atoms with Gasteiger partial charge in [0.2, 0.25) is 0 Å². The summed E-state index contributed by atoms with van der Waals surface area (Å²) in [5.74, 6) is -0.381. The Morgan fingerprint density at radius 1 is 0.939 bits per heavy atom. The molecule has 0 spiro atoms. The molecule has 8 nitrogen and oxygen atoms in total. The van der Waals surface area contributed by atoms with Gasteiger partial charge in [-0.15, -0.1) is 0 Å². The molecule has 0 fully saturated rings. The number of nitrogens with zero attached hydrogens (tertiary/aromatic N) is 1. The average molecular weight is 462 g/mol. The Balaban J connectivity index is 1.33. The first-order chi connectivity index (χ1) is 15.8. The zero-order valence-corrected chi connectivity index (χ0v) is 19.2. The van der Waals surface area contributed by atoms with E-state index >= 15 is 0 Å². The summed E-state index contributed by atoms with van der Waals surface area (Å²) in [5.41, 5.74) is 10.1. The number of hydrogen-bond acceptors (Lipinski definition) is 5. The number of hydrazine groups is 1. The lowest BCUT2D eigenvalue weighted by Crippen LogP contribution is -2.42. The van der Waals surface area contributed by atoms with Gasteiger partial charge in [-0.1, -0.05) is 36.0 Å². The van der Waals surface area contributed by atoms with E-state index in [9.17, 15) is 14.4 Å². The molecule has 4 aromatic rings. The van der Waals surface area contributed by atoms with Crippen molar-refractivity contribution in [1.29, 1.82) is 0 Å².